The summed E-state index contributed by atoms with van der Waals surface area (Å²) in [5.74, 6) is 2.21. The number of carboxylic acid groups (broad SMARTS) is 1. The van der Waals surface area contributed by atoms with E-state index in [2.05, 4.69) is 10.9 Å². The first-order valence-electron chi connectivity index (χ1n) is 6.49. The number of fused-ring (bicyclic) bond motifs is 1. The summed E-state index contributed by atoms with van der Waals surface area (Å²) < 4.78 is 0. The van der Waals surface area contributed by atoms with Crippen LogP contribution >= 0.6 is 0 Å². The van der Waals surface area contributed by atoms with Gasteiger partial charge in [-0.2, -0.15) is 0 Å². The van der Waals surface area contributed by atoms with Crippen LogP contribution in [0.4, 0.5) is 5.82 Å². The molecular weight excluding hydrogens is 252 g/mol. The van der Waals surface area contributed by atoms with Gasteiger partial charge in [-0.1, -0.05) is 37.1 Å². The number of pyridine rings is 1. The van der Waals surface area contributed by atoms with Crippen molar-refractivity contribution in [3.05, 3.63) is 36.0 Å². The van der Waals surface area contributed by atoms with Crippen molar-refractivity contribution in [1.82, 2.24) is 4.98 Å². The second-order valence-corrected chi connectivity index (χ2v) is 4.48. The van der Waals surface area contributed by atoms with Crippen molar-refractivity contribution < 1.29 is 9.90 Å². The summed E-state index contributed by atoms with van der Waals surface area (Å²) in [4.78, 5) is 17.4. The van der Waals surface area contributed by atoms with Crippen LogP contribution in [0.2, 0.25) is 0 Å². The maximum Gasteiger partial charge on any atom is 0.354 e. The molecule has 0 fully saturated rings. The molecule has 0 aliphatic rings. The number of aromatic carboxylic acids is 1. The lowest BCUT2D eigenvalue weighted by atomic mass is 10.1. The van der Waals surface area contributed by atoms with Gasteiger partial charge in [0, 0.05) is 11.9 Å². The molecule has 1 heterocycles. The normalized spacial score (nSPS) is 10.2. The van der Waals surface area contributed by atoms with E-state index in [4.69, 9.17) is 6.42 Å². The highest BCUT2D eigenvalue weighted by Crippen LogP contribution is 2.26. The van der Waals surface area contributed by atoms with E-state index in [1.54, 1.807) is 6.07 Å². The molecule has 0 radical (unpaired) electrons. The highest BCUT2D eigenvalue weighted by Gasteiger charge is 2.15. The zero-order valence-corrected chi connectivity index (χ0v) is 11.3. The first-order chi connectivity index (χ1) is 9.67. The molecule has 20 heavy (non-hydrogen) atoms. The largest absolute Gasteiger partial charge is 0.477 e. The lowest BCUT2D eigenvalue weighted by Crippen LogP contribution is -2.26. The van der Waals surface area contributed by atoms with E-state index in [1.807, 2.05) is 36.1 Å². The number of carboxylic acids is 1. The molecule has 0 saturated carbocycles. The molecule has 4 nitrogen and oxygen atoms in total. The third kappa shape index (κ3) is 2.72. The minimum absolute atomic E-state index is 0.0387. The van der Waals surface area contributed by atoms with Gasteiger partial charge in [-0.05, 0) is 17.9 Å². The Morgan fingerprint density at radius 3 is 2.85 bits per heavy atom. The summed E-state index contributed by atoms with van der Waals surface area (Å²) in [7, 11) is 0. The molecule has 0 saturated heterocycles. The van der Waals surface area contributed by atoms with E-state index < -0.39 is 5.97 Å². The Morgan fingerprint density at radius 2 is 2.20 bits per heavy atom. The maximum absolute atomic E-state index is 11.2. The molecule has 0 amide bonds. The van der Waals surface area contributed by atoms with E-state index in [9.17, 15) is 9.90 Å². The molecule has 102 valence electrons. The zero-order chi connectivity index (χ0) is 14.5. The Bertz CT molecular complexity index is 674. The van der Waals surface area contributed by atoms with Crippen LogP contribution in [0.3, 0.4) is 0 Å². The molecule has 0 aliphatic heterocycles. The van der Waals surface area contributed by atoms with Gasteiger partial charge in [0.05, 0.1) is 6.54 Å². The Labute approximate surface area is 118 Å². The molecule has 0 bridgehead atoms. The van der Waals surface area contributed by atoms with Gasteiger partial charge < -0.3 is 10.0 Å². The number of carbonyl (C=O) groups is 1. The van der Waals surface area contributed by atoms with Crippen molar-refractivity contribution >= 4 is 22.6 Å². The predicted molar refractivity (Wildman–Crippen MR) is 80.0 cm³/mol. The lowest BCUT2D eigenvalue weighted by Gasteiger charge is -2.22. The van der Waals surface area contributed by atoms with E-state index in [-0.39, 0.29) is 5.69 Å². The van der Waals surface area contributed by atoms with Crippen molar-refractivity contribution in [2.45, 2.75) is 13.3 Å². The Kier molecular flexibility index (Phi) is 4.21. The number of anilines is 1. The molecule has 0 atom stereocenters. The van der Waals surface area contributed by atoms with Gasteiger partial charge in [0.25, 0.3) is 0 Å². The molecule has 2 aromatic rings. The molecule has 1 aromatic carbocycles. The van der Waals surface area contributed by atoms with Crippen LogP contribution in [0.25, 0.3) is 10.8 Å². The second kappa shape index (κ2) is 6.07. The summed E-state index contributed by atoms with van der Waals surface area (Å²) >= 11 is 0. The van der Waals surface area contributed by atoms with Gasteiger partial charge in [-0.3, -0.25) is 0 Å². The minimum Gasteiger partial charge on any atom is -0.477 e. The molecule has 1 aromatic heterocycles. The molecule has 2 rings (SSSR count). The molecule has 1 N–H and O–H groups in total. The molecule has 0 aliphatic carbocycles. The fourth-order valence-corrected chi connectivity index (χ4v) is 2.17. The van der Waals surface area contributed by atoms with E-state index >= 15 is 0 Å². The van der Waals surface area contributed by atoms with Crippen LogP contribution in [-0.4, -0.2) is 29.1 Å². The van der Waals surface area contributed by atoms with Crippen molar-refractivity contribution in [3.8, 4) is 12.3 Å². The highest BCUT2D eigenvalue weighted by molar-refractivity contribution is 5.98. The molecule has 4 heteroatoms. The number of hydrogen-bond acceptors (Lipinski definition) is 3. The second-order valence-electron chi connectivity index (χ2n) is 4.48. The number of rotatable bonds is 5. The number of benzene rings is 1. The van der Waals surface area contributed by atoms with Crippen molar-refractivity contribution in [2.24, 2.45) is 0 Å². The highest BCUT2D eigenvalue weighted by atomic mass is 16.4. The summed E-state index contributed by atoms with van der Waals surface area (Å²) in [6.45, 7) is 3.20. The standard InChI is InChI=1S/C16H16N2O2/c1-3-9-18(10-4-2)15-13-8-6-5-7-12(13)11-14(17-15)16(19)20/h1,5-8,11H,4,9-10H2,2H3,(H,19,20). The fraction of sp³-hybridized carbons (Fsp3) is 0.250. The molecule has 0 unspecified atom stereocenters. The summed E-state index contributed by atoms with van der Waals surface area (Å²) in [5.41, 5.74) is 0.0387. The average Bonchev–Trinajstić information content (AvgIpc) is 2.46. The third-order valence-electron chi connectivity index (χ3n) is 3.01. The fourth-order valence-electron chi connectivity index (χ4n) is 2.17. The zero-order valence-electron chi connectivity index (χ0n) is 11.3. The minimum atomic E-state index is -1.03. The molecule has 0 spiro atoms. The van der Waals surface area contributed by atoms with Crippen LogP contribution in [0.5, 0.6) is 0 Å². The lowest BCUT2D eigenvalue weighted by molar-refractivity contribution is 0.0691. The summed E-state index contributed by atoms with van der Waals surface area (Å²) in [6, 6.07) is 9.19. The Morgan fingerprint density at radius 1 is 1.45 bits per heavy atom. The predicted octanol–water partition coefficient (Wildman–Crippen LogP) is 2.78. The number of terminal acetylenes is 1. The van der Waals surface area contributed by atoms with Crippen LogP contribution in [0.15, 0.2) is 30.3 Å². The van der Waals surface area contributed by atoms with Gasteiger partial charge >= 0.3 is 5.97 Å². The first-order valence-corrected chi connectivity index (χ1v) is 6.49. The van der Waals surface area contributed by atoms with Gasteiger partial charge in [0.2, 0.25) is 0 Å². The maximum atomic E-state index is 11.2. The van der Waals surface area contributed by atoms with Crippen LogP contribution in [0, 0.1) is 12.3 Å². The van der Waals surface area contributed by atoms with E-state index in [1.165, 1.54) is 0 Å². The SMILES string of the molecule is C#CCN(CCC)c1nc(C(=O)O)cc2ccccc12. The van der Waals surface area contributed by atoms with E-state index in [0.29, 0.717) is 12.4 Å². The third-order valence-corrected chi connectivity index (χ3v) is 3.01. The number of aromatic nitrogens is 1. The quantitative estimate of drug-likeness (QED) is 0.847. The van der Waals surface area contributed by atoms with Crippen molar-refractivity contribution in [1.29, 1.82) is 0 Å². The van der Waals surface area contributed by atoms with Gasteiger partial charge in [0.1, 0.15) is 5.82 Å². The monoisotopic (exact) mass is 268 g/mol. The van der Waals surface area contributed by atoms with Crippen LogP contribution in [-0.2, 0) is 0 Å². The molecular formula is C16H16N2O2. The van der Waals surface area contributed by atoms with Crippen molar-refractivity contribution in [3.63, 3.8) is 0 Å². The van der Waals surface area contributed by atoms with Gasteiger partial charge in [-0.25, -0.2) is 9.78 Å². The van der Waals surface area contributed by atoms with Crippen LogP contribution < -0.4 is 4.90 Å². The first kappa shape index (κ1) is 13.9. The van der Waals surface area contributed by atoms with Crippen LogP contribution in [0.1, 0.15) is 23.8 Å². The van der Waals surface area contributed by atoms with E-state index in [0.717, 1.165) is 23.7 Å². The smallest absolute Gasteiger partial charge is 0.354 e. The number of hydrogen-bond donors (Lipinski definition) is 1. The number of nitrogens with zero attached hydrogens (tertiary/aromatic N) is 2. The topological polar surface area (TPSA) is 53.4 Å². The Hall–Kier alpha value is -2.54. The summed E-state index contributed by atoms with van der Waals surface area (Å²) in [6.07, 6.45) is 6.31. The average molecular weight is 268 g/mol. The van der Waals surface area contributed by atoms with Gasteiger partial charge in [-0.15, -0.1) is 6.42 Å². The van der Waals surface area contributed by atoms with Gasteiger partial charge in [0.15, 0.2) is 5.69 Å². The Balaban J connectivity index is 2.65. The summed E-state index contributed by atoms with van der Waals surface area (Å²) in [5, 5.41) is 11.0. The van der Waals surface area contributed by atoms with Crippen molar-refractivity contribution in [2.75, 3.05) is 18.0 Å².